The number of H-pyrrole nitrogens is 1. The Morgan fingerprint density at radius 1 is 1.04 bits per heavy atom. The molecule has 0 unspecified atom stereocenters. The molecule has 0 amide bonds. The van der Waals surface area contributed by atoms with Crippen LogP contribution in [0.3, 0.4) is 0 Å². The molecule has 1 N–H and O–H groups in total. The van der Waals surface area contributed by atoms with Crippen molar-refractivity contribution in [2.75, 3.05) is 13.6 Å². The lowest BCUT2D eigenvalue weighted by atomic mass is 10.1. The van der Waals surface area contributed by atoms with Gasteiger partial charge in [-0.1, -0.05) is 48.0 Å². The minimum atomic E-state index is 0.162. The Balaban J connectivity index is 1.75. The van der Waals surface area contributed by atoms with Gasteiger partial charge in [-0.15, -0.1) is 0 Å². The minimum Gasteiger partial charge on any atom is -0.358 e. The Labute approximate surface area is 136 Å². The summed E-state index contributed by atoms with van der Waals surface area (Å²) >= 11 is 0. The van der Waals surface area contributed by atoms with E-state index in [1.54, 1.807) is 0 Å². The predicted octanol–water partition coefficient (Wildman–Crippen LogP) is 4.10. The largest absolute Gasteiger partial charge is 0.358 e. The topological polar surface area (TPSA) is 36.1 Å². The summed E-state index contributed by atoms with van der Waals surface area (Å²) in [7, 11) is 1.99. The molecule has 0 spiro atoms. The zero-order chi connectivity index (χ0) is 16.4. The Morgan fingerprint density at radius 2 is 1.74 bits per heavy atom. The van der Waals surface area contributed by atoms with Gasteiger partial charge in [0.1, 0.15) is 0 Å². The lowest BCUT2D eigenvalue weighted by molar-refractivity contribution is 0.0944. The second kappa shape index (κ2) is 6.39. The molecule has 0 aliphatic carbocycles. The first-order valence-corrected chi connectivity index (χ1v) is 7.89. The molecule has 0 saturated heterocycles. The van der Waals surface area contributed by atoms with Crippen molar-refractivity contribution in [3.63, 3.8) is 0 Å². The smallest absolute Gasteiger partial charge is 0.179 e. The number of hydrogen-bond acceptors (Lipinski definition) is 2. The van der Waals surface area contributed by atoms with Crippen molar-refractivity contribution in [3.05, 3.63) is 70.9 Å². The van der Waals surface area contributed by atoms with E-state index in [1.165, 1.54) is 11.1 Å². The Morgan fingerprint density at radius 3 is 2.48 bits per heavy atom. The van der Waals surface area contributed by atoms with Crippen molar-refractivity contribution in [3.8, 4) is 0 Å². The molecule has 3 nitrogen and oxygen atoms in total. The van der Waals surface area contributed by atoms with Crippen molar-refractivity contribution in [2.24, 2.45) is 0 Å². The van der Waals surface area contributed by atoms with E-state index in [0.29, 0.717) is 6.54 Å². The number of Topliss-reactive ketones (excluding diaryl/α,β-unsaturated/α-hetero) is 1. The molecule has 1 heterocycles. The third-order valence-corrected chi connectivity index (χ3v) is 4.16. The zero-order valence-electron chi connectivity index (χ0n) is 13.9. The molecule has 1 aromatic heterocycles. The normalized spacial score (nSPS) is 11.3. The number of carbonyl (C=O) groups is 1. The van der Waals surface area contributed by atoms with E-state index < -0.39 is 0 Å². The van der Waals surface area contributed by atoms with Crippen LogP contribution in [0.1, 0.15) is 27.2 Å². The van der Waals surface area contributed by atoms with E-state index in [-0.39, 0.29) is 5.78 Å². The lowest BCUT2D eigenvalue weighted by Gasteiger charge is -2.16. The number of nitrogens with zero attached hydrogens (tertiary/aromatic N) is 1. The number of aromatic nitrogens is 1. The summed E-state index contributed by atoms with van der Waals surface area (Å²) in [5, 5.41) is 1.01. The van der Waals surface area contributed by atoms with E-state index in [9.17, 15) is 4.79 Å². The maximum absolute atomic E-state index is 12.7. The van der Waals surface area contributed by atoms with E-state index in [2.05, 4.69) is 41.1 Å². The van der Waals surface area contributed by atoms with Gasteiger partial charge in [0, 0.05) is 28.7 Å². The SMILES string of the molecule is Cc1ccc(CN(C)CC(=O)c2c(C)[nH]c3ccccc23)cc1. The first-order valence-electron chi connectivity index (χ1n) is 7.89. The number of ketones is 1. The average Bonchev–Trinajstić information content (AvgIpc) is 2.85. The molecule has 23 heavy (non-hydrogen) atoms. The van der Waals surface area contributed by atoms with Crippen molar-refractivity contribution >= 4 is 16.7 Å². The maximum Gasteiger partial charge on any atom is 0.179 e. The molecule has 0 atom stereocenters. The van der Waals surface area contributed by atoms with E-state index in [0.717, 1.165) is 28.7 Å². The highest BCUT2D eigenvalue weighted by molar-refractivity contribution is 6.10. The Kier molecular flexibility index (Phi) is 4.30. The summed E-state index contributed by atoms with van der Waals surface area (Å²) in [6, 6.07) is 16.4. The summed E-state index contributed by atoms with van der Waals surface area (Å²) in [6.07, 6.45) is 0. The number of benzene rings is 2. The number of aromatic amines is 1. The summed E-state index contributed by atoms with van der Waals surface area (Å²) < 4.78 is 0. The fourth-order valence-electron chi connectivity index (χ4n) is 3.02. The molecule has 3 aromatic rings. The molecule has 0 aliphatic heterocycles. The van der Waals surface area contributed by atoms with Crippen LogP contribution in [-0.2, 0) is 6.54 Å². The number of likely N-dealkylation sites (N-methyl/N-ethyl adjacent to an activating group) is 1. The molecular formula is C20H22N2O. The van der Waals surface area contributed by atoms with E-state index in [4.69, 9.17) is 0 Å². The maximum atomic E-state index is 12.7. The number of para-hydroxylation sites is 1. The number of fused-ring (bicyclic) bond motifs is 1. The highest BCUT2D eigenvalue weighted by atomic mass is 16.1. The molecule has 118 valence electrons. The number of rotatable bonds is 5. The Hall–Kier alpha value is -2.39. The van der Waals surface area contributed by atoms with E-state index in [1.807, 2.05) is 38.2 Å². The molecule has 0 fully saturated rings. The van der Waals surface area contributed by atoms with Crippen LogP contribution in [0.2, 0.25) is 0 Å². The van der Waals surface area contributed by atoms with Crippen molar-refractivity contribution in [1.29, 1.82) is 0 Å². The van der Waals surface area contributed by atoms with Crippen molar-refractivity contribution in [2.45, 2.75) is 20.4 Å². The molecule has 3 heteroatoms. The van der Waals surface area contributed by atoms with Gasteiger partial charge in [0.15, 0.2) is 5.78 Å². The number of carbonyl (C=O) groups excluding carboxylic acids is 1. The van der Waals surface area contributed by atoms with Gasteiger partial charge in [-0.05, 0) is 32.5 Å². The van der Waals surface area contributed by atoms with Crippen LogP contribution in [0.15, 0.2) is 48.5 Å². The van der Waals surface area contributed by atoms with Crippen LogP contribution in [0.5, 0.6) is 0 Å². The zero-order valence-corrected chi connectivity index (χ0v) is 13.9. The van der Waals surface area contributed by atoms with Crippen LogP contribution in [0.25, 0.3) is 10.9 Å². The molecule has 0 aliphatic rings. The van der Waals surface area contributed by atoms with Gasteiger partial charge in [-0.3, -0.25) is 9.69 Å². The minimum absolute atomic E-state index is 0.162. The Bertz CT molecular complexity index is 830. The van der Waals surface area contributed by atoms with Gasteiger partial charge in [-0.2, -0.15) is 0 Å². The van der Waals surface area contributed by atoms with Gasteiger partial charge in [-0.25, -0.2) is 0 Å². The third kappa shape index (κ3) is 3.35. The molecule has 0 radical (unpaired) electrons. The fourth-order valence-corrected chi connectivity index (χ4v) is 3.02. The lowest BCUT2D eigenvalue weighted by Crippen LogP contribution is -2.25. The van der Waals surface area contributed by atoms with Gasteiger partial charge >= 0.3 is 0 Å². The molecule has 0 saturated carbocycles. The summed E-state index contributed by atoms with van der Waals surface area (Å²) in [5.74, 6) is 0.162. The number of hydrogen-bond donors (Lipinski definition) is 1. The third-order valence-electron chi connectivity index (χ3n) is 4.16. The standard InChI is InChI=1S/C20H22N2O/c1-14-8-10-16(11-9-14)12-22(3)13-19(23)20-15(2)21-18-7-5-4-6-17(18)20/h4-11,21H,12-13H2,1-3H3. The second-order valence-corrected chi connectivity index (χ2v) is 6.25. The van der Waals surface area contributed by atoms with Crippen LogP contribution in [0.4, 0.5) is 0 Å². The van der Waals surface area contributed by atoms with Crippen LogP contribution < -0.4 is 0 Å². The van der Waals surface area contributed by atoms with Crippen molar-refractivity contribution in [1.82, 2.24) is 9.88 Å². The van der Waals surface area contributed by atoms with Crippen molar-refractivity contribution < 1.29 is 4.79 Å². The average molecular weight is 306 g/mol. The summed E-state index contributed by atoms with van der Waals surface area (Å²) in [5.41, 5.74) is 5.26. The molecule has 2 aromatic carbocycles. The van der Waals surface area contributed by atoms with Gasteiger partial charge in [0.2, 0.25) is 0 Å². The highest BCUT2D eigenvalue weighted by Gasteiger charge is 2.17. The van der Waals surface area contributed by atoms with Crippen LogP contribution >= 0.6 is 0 Å². The first-order chi connectivity index (χ1) is 11.0. The van der Waals surface area contributed by atoms with E-state index >= 15 is 0 Å². The molecular weight excluding hydrogens is 284 g/mol. The van der Waals surface area contributed by atoms with Crippen LogP contribution in [-0.4, -0.2) is 29.3 Å². The molecule has 3 rings (SSSR count). The monoisotopic (exact) mass is 306 g/mol. The summed E-state index contributed by atoms with van der Waals surface area (Å²) in [4.78, 5) is 18.1. The molecule has 0 bridgehead atoms. The van der Waals surface area contributed by atoms with Crippen LogP contribution in [0, 0.1) is 13.8 Å². The number of aryl methyl sites for hydroxylation is 2. The van der Waals surface area contributed by atoms with Gasteiger partial charge in [0.05, 0.1) is 6.54 Å². The van der Waals surface area contributed by atoms with Gasteiger partial charge in [0.25, 0.3) is 0 Å². The fraction of sp³-hybridized carbons (Fsp3) is 0.250. The predicted molar refractivity (Wildman–Crippen MR) is 94.9 cm³/mol. The number of nitrogens with one attached hydrogen (secondary N) is 1. The summed E-state index contributed by atoms with van der Waals surface area (Å²) in [6.45, 7) is 5.23. The second-order valence-electron chi connectivity index (χ2n) is 6.25. The van der Waals surface area contributed by atoms with Gasteiger partial charge < -0.3 is 4.98 Å². The quantitative estimate of drug-likeness (QED) is 0.720. The first kappa shape index (κ1) is 15.5. The highest BCUT2D eigenvalue weighted by Crippen LogP contribution is 2.22.